The van der Waals surface area contributed by atoms with Crippen molar-refractivity contribution in [3.63, 3.8) is 0 Å². The molecule has 0 aliphatic carbocycles. The van der Waals surface area contributed by atoms with Crippen molar-refractivity contribution in [2.45, 2.75) is 31.5 Å². The molecule has 5 nitrogen and oxygen atoms in total. The van der Waals surface area contributed by atoms with E-state index >= 15 is 0 Å². The number of nitrogens with zero attached hydrogens (tertiary/aromatic N) is 3. The average molecular weight is 261 g/mol. The molecule has 0 bridgehead atoms. The minimum Gasteiger partial charge on any atom is -0.472 e. The Kier molecular flexibility index (Phi) is 5.03. The molecule has 0 saturated carbocycles. The van der Waals surface area contributed by atoms with E-state index < -0.39 is 0 Å². The first-order valence-electron chi connectivity index (χ1n) is 6.55. The number of hydrogen-bond acceptors (Lipinski definition) is 5. The molecule has 0 aromatic carbocycles. The maximum atomic E-state index is 8.00. The topological polar surface area (TPSA) is 54.8 Å². The summed E-state index contributed by atoms with van der Waals surface area (Å²) in [6, 6.07) is 4.01. The van der Waals surface area contributed by atoms with Gasteiger partial charge in [-0.15, -0.1) is 0 Å². The molecule has 102 valence electrons. The number of pyridine rings is 1. The molecule has 3 rings (SSSR count). The predicted octanol–water partition coefficient (Wildman–Crippen LogP) is 1.81. The summed E-state index contributed by atoms with van der Waals surface area (Å²) in [4.78, 5) is 19.0. The average Bonchev–Trinajstić information content (AvgIpc) is 3.01. The van der Waals surface area contributed by atoms with Gasteiger partial charge in [0, 0.05) is 31.0 Å². The van der Waals surface area contributed by atoms with Crippen LogP contribution in [0.1, 0.15) is 30.9 Å². The summed E-state index contributed by atoms with van der Waals surface area (Å²) in [5.74, 6) is 0. The largest absolute Gasteiger partial charge is 0.472 e. The molecule has 1 saturated heterocycles. The number of aliphatic imine (C=N–C) groups is 1. The lowest BCUT2D eigenvalue weighted by molar-refractivity contribution is -0.0979. The third-order valence-electron chi connectivity index (χ3n) is 3.47. The molecule has 0 amide bonds. The van der Waals surface area contributed by atoms with E-state index in [1.54, 1.807) is 12.6 Å². The fraction of sp³-hybridized carbons (Fsp3) is 0.500. The highest BCUT2D eigenvalue weighted by atomic mass is 16.5. The van der Waals surface area contributed by atoms with Crippen molar-refractivity contribution in [1.82, 2.24) is 9.88 Å². The Hall–Kier alpha value is -1.75. The van der Waals surface area contributed by atoms with Crippen molar-refractivity contribution >= 4 is 13.2 Å². The lowest BCUT2D eigenvalue weighted by atomic mass is 10.1. The monoisotopic (exact) mass is 261 g/mol. The van der Waals surface area contributed by atoms with Crippen LogP contribution in [-0.4, -0.2) is 42.3 Å². The molecule has 0 unspecified atom stereocenters. The minimum atomic E-state index is 0.0156. The molecule has 2 aliphatic heterocycles. The van der Waals surface area contributed by atoms with Crippen LogP contribution in [0.2, 0.25) is 0 Å². The molecule has 1 aromatic heterocycles. The van der Waals surface area contributed by atoms with Gasteiger partial charge in [-0.25, -0.2) is 4.99 Å². The van der Waals surface area contributed by atoms with Gasteiger partial charge in [-0.2, -0.15) is 0 Å². The summed E-state index contributed by atoms with van der Waals surface area (Å²) >= 11 is 0. The molecule has 0 spiro atoms. The van der Waals surface area contributed by atoms with Gasteiger partial charge in [-0.05, 0) is 18.9 Å². The van der Waals surface area contributed by atoms with Crippen LogP contribution in [0.4, 0.5) is 0 Å². The van der Waals surface area contributed by atoms with E-state index in [9.17, 15) is 0 Å². The summed E-state index contributed by atoms with van der Waals surface area (Å²) in [7, 11) is 0. The highest BCUT2D eigenvalue weighted by Gasteiger charge is 2.33. The second-order valence-electron chi connectivity index (χ2n) is 4.61. The first kappa shape index (κ1) is 13.7. The van der Waals surface area contributed by atoms with Crippen LogP contribution in [0.15, 0.2) is 29.5 Å². The fourth-order valence-corrected chi connectivity index (χ4v) is 2.58. The molecule has 1 fully saturated rings. The Bertz CT molecular complexity index is 404. The van der Waals surface area contributed by atoms with Gasteiger partial charge in [0.25, 0.3) is 0 Å². The van der Waals surface area contributed by atoms with Gasteiger partial charge in [-0.1, -0.05) is 12.5 Å². The van der Waals surface area contributed by atoms with Crippen LogP contribution < -0.4 is 0 Å². The zero-order valence-electron chi connectivity index (χ0n) is 10.9. The second kappa shape index (κ2) is 6.99. The normalized spacial score (nSPS) is 26.3. The van der Waals surface area contributed by atoms with Crippen molar-refractivity contribution < 1.29 is 9.53 Å². The Balaban J connectivity index is 0.000000637. The second-order valence-corrected chi connectivity index (χ2v) is 4.61. The number of hydrogen-bond donors (Lipinski definition) is 0. The number of carbonyl (C=O) groups is 1. The van der Waals surface area contributed by atoms with Crippen LogP contribution >= 0.6 is 0 Å². The molecule has 1 aromatic rings. The van der Waals surface area contributed by atoms with E-state index in [0.29, 0.717) is 0 Å². The maximum Gasteiger partial charge on any atom is 0.172 e. The number of ether oxygens (including phenoxy) is 1. The van der Waals surface area contributed by atoms with E-state index in [2.05, 4.69) is 20.9 Å². The van der Waals surface area contributed by atoms with Crippen LogP contribution in [0.5, 0.6) is 0 Å². The zero-order chi connectivity index (χ0) is 13.5. The predicted molar refractivity (Wildman–Crippen MR) is 72.9 cm³/mol. The molecular formula is C14H19N3O2. The molecule has 2 atom stereocenters. The van der Waals surface area contributed by atoms with E-state index in [1.807, 2.05) is 19.1 Å². The van der Waals surface area contributed by atoms with Gasteiger partial charge in [-0.3, -0.25) is 9.88 Å². The number of aromatic nitrogens is 1. The van der Waals surface area contributed by atoms with E-state index in [1.165, 1.54) is 19.3 Å². The Morgan fingerprint density at radius 2 is 2.05 bits per heavy atom. The molecule has 5 heteroatoms. The van der Waals surface area contributed by atoms with Gasteiger partial charge in [0.15, 0.2) is 12.5 Å². The van der Waals surface area contributed by atoms with E-state index in [0.717, 1.165) is 18.7 Å². The van der Waals surface area contributed by atoms with Crippen molar-refractivity contribution in [1.29, 1.82) is 0 Å². The van der Waals surface area contributed by atoms with Crippen molar-refractivity contribution in [3.05, 3.63) is 30.1 Å². The smallest absolute Gasteiger partial charge is 0.172 e. The summed E-state index contributed by atoms with van der Waals surface area (Å²) in [5.41, 5.74) is 1.11. The highest BCUT2D eigenvalue weighted by molar-refractivity contribution is 5.50. The SMILES string of the molecule is C1=N[C@H](N2CCCCC2)[C@@H](c2cccnc2)O1.C=O. The van der Waals surface area contributed by atoms with Crippen LogP contribution in [0, 0.1) is 0 Å². The highest BCUT2D eigenvalue weighted by Crippen LogP contribution is 2.30. The Labute approximate surface area is 113 Å². The van der Waals surface area contributed by atoms with Gasteiger partial charge >= 0.3 is 0 Å². The number of piperidine rings is 1. The summed E-state index contributed by atoms with van der Waals surface area (Å²) in [6.07, 6.45) is 9.28. The van der Waals surface area contributed by atoms with Crippen LogP contribution in [-0.2, 0) is 9.53 Å². The minimum absolute atomic E-state index is 0.0156. The summed E-state index contributed by atoms with van der Waals surface area (Å²) in [6.45, 7) is 4.25. The molecule has 3 heterocycles. The number of likely N-dealkylation sites (tertiary alicyclic amines) is 1. The third kappa shape index (κ3) is 3.17. The molecule has 0 N–H and O–H groups in total. The van der Waals surface area contributed by atoms with Crippen molar-refractivity contribution in [2.75, 3.05) is 13.1 Å². The molecule has 19 heavy (non-hydrogen) atoms. The fourth-order valence-electron chi connectivity index (χ4n) is 2.58. The van der Waals surface area contributed by atoms with Gasteiger partial charge in [0.2, 0.25) is 0 Å². The standard InChI is InChI=1S/C13H17N3O.CH2O/c1-2-7-16(8-3-1)13-12(17-10-15-13)11-5-4-6-14-9-11;1-2/h4-6,9-10,12-13H,1-3,7-8H2;1H2/t12-,13-;/m1./s1. The third-order valence-corrected chi connectivity index (χ3v) is 3.47. The van der Waals surface area contributed by atoms with Crippen molar-refractivity contribution in [3.8, 4) is 0 Å². The Morgan fingerprint density at radius 1 is 1.26 bits per heavy atom. The van der Waals surface area contributed by atoms with E-state index in [4.69, 9.17) is 9.53 Å². The first-order chi connectivity index (χ1) is 9.45. The first-order valence-corrected chi connectivity index (χ1v) is 6.55. The van der Waals surface area contributed by atoms with Gasteiger partial charge in [0.05, 0.1) is 0 Å². The zero-order valence-corrected chi connectivity index (χ0v) is 10.9. The van der Waals surface area contributed by atoms with Crippen LogP contribution in [0.3, 0.4) is 0 Å². The van der Waals surface area contributed by atoms with Gasteiger partial charge in [0.1, 0.15) is 13.0 Å². The van der Waals surface area contributed by atoms with Crippen LogP contribution in [0.25, 0.3) is 0 Å². The summed E-state index contributed by atoms with van der Waals surface area (Å²) in [5, 5.41) is 0. The van der Waals surface area contributed by atoms with Crippen molar-refractivity contribution in [2.24, 2.45) is 4.99 Å². The summed E-state index contributed by atoms with van der Waals surface area (Å²) < 4.78 is 5.63. The Morgan fingerprint density at radius 3 is 2.74 bits per heavy atom. The number of carbonyl (C=O) groups excluding carboxylic acids is 1. The molecule has 0 radical (unpaired) electrons. The molecule has 2 aliphatic rings. The lowest BCUT2D eigenvalue weighted by Gasteiger charge is -2.32. The maximum absolute atomic E-state index is 8.00. The van der Waals surface area contributed by atoms with E-state index in [-0.39, 0.29) is 12.3 Å². The number of rotatable bonds is 2. The molecular weight excluding hydrogens is 242 g/mol. The lowest BCUT2D eigenvalue weighted by Crippen LogP contribution is -2.40. The quantitative estimate of drug-likeness (QED) is 0.814. The van der Waals surface area contributed by atoms with Gasteiger partial charge < -0.3 is 9.53 Å².